The van der Waals surface area contributed by atoms with Crippen molar-refractivity contribution in [3.63, 3.8) is 0 Å². The van der Waals surface area contributed by atoms with Crippen LogP contribution >= 0.6 is 11.6 Å². The third-order valence-corrected chi connectivity index (χ3v) is 5.06. The molecule has 0 fully saturated rings. The maximum atomic E-state index is 13.8. The summed E-state index contributed by atoms with van der Waals surface area (Å²) in [5.41, 5.74) is 2.40. The fourth-order valence-corrected chi connectivity index (χ4v) is 3.42. The highest BCUT2D eigenvalue weighted by Gasteiger charge is 2.25. The molecule has 1 amide bonds. The molecular weight excluding hydrogens is 421 g/mol. The van der Waals surface area contributed by atoms with Crippen LogP contribution in [-0.4, -0.2) is 49.9 Å². The van der Waals surface area contributed by atoms with E-state index < -0.39 is 17.6 Å². The summed E-state index contributed by atoms with van der Waals surface area (Å²) in [5.74, 6) is -0.0397. The summed E-state index contributed by atoms with van der Waals surface area (Å²) in [5, 5.41) is 20.7. The predicted molar refractivity (Wildman–Crippen MR) is 120 cm³/mol. The second-order valence-corrected chi connectivity index (χ2v) is 8.52. The number of aromatic amines is 1. The smallest absolute Gasteiger partial charge is 0.407 e. The maximum Gasteiger partial charge on any atom is 0.407 e. The van der Waals surface area contributed by atoms with Gasteiger partial charge in [-0.3, -0.25) is 5.10 Å². The zero-order chi connectivity index (χ0) is 22.6. The van der Waals surface area contributed by atoms with Crippen LogP contribution in [0, 0.1) is 5.95 Å². The fraction of sp³-hybridized carbons (Fsp3) is 0.318. The Morgan fingerprint density at radius 1 is 1.23 bits per heavy atom. The van der Waals surface area contributed by atoms with E-state index in [1.54, 1.807) is 18.2 Å². The Morgan fingerprint density at radius 3 is 2.55 bits per heavy atom. The Hall–Kier alpha value is -3.13. The normalized spacial score (nSPS) is 11.4. The zero-order valence-electron chi connectivity index (χ0n) is 17.6. The lowest BCUT2D eigenvalue weighted by Gasteiger charge is -2.33. The van der Waals surface area contributed by atoms with E-state index in [1.807, 2.05) is 32.9 Å². The molecule has 164 valence electrons. The van der Waals surface area contributed by atoms with Gasteiger partial charge in [-0.2, -0.15) is 9.49 Å². The summed E-state index contributed by atoms with van der Waals surface area (Å²) < 4.78 is 13.8. The van der Waals surface area contributed by atoms with Crippen LogP contribution in [0.5, 0.6) is 0 Å². The molecule has 0 saturated heterocycles. The minimum atomic E-state index is -0.953. The summed E-state index contributed by atoms with van der Waals surface area (Å²) >= 11 is 6.00. The number of nitrogens with zero attached hydrogens (tertiary/aromatic N) is 3. The van der Waals surface area contributed by atoms with Crippen LogP contribution in [0.3, 0.4) is 0 Å². The SMILES string of the molecule is CC(C)(C)N(CCCNc1n[nH]c(-c2ccc(Cl)cc2)c1-c1ccnc(F)c1)C(=O)O. The minimum Gasteiger partial charge on any atom is -0.465 e. The molecular formula is C22H25ClFN5O2. The van der Waals surface area contributed by atoms with E-state index in [2.05, 4.69) is 20.5 Å². The summed E-state index contributed by atoms with van der Waals surface area (Å²) in [6.07, 6.45) is 1.03. The Kier molecular flexibility index (Phi) is 6.80. The number of amides is 1. The van der Waals surface area contributed by atoms with E-state index in [9.17, 15) is 14.3 Å². The highest BCUT2D eigenvalue weighted by Crippen LogP contribution is 2.36. The van der Waals surface area contributed by atoms with Gasteiger partial charge in [0.25, 0.3) is 0 Å². The van der Waals surface area contributed by atoms with Crippen molar-refractivity contribution in [2.45, 2.75) is 32.7 Å². The van der Waals surface area contributed by atoms with Crippen LogP contribution in [0.25, 0.3) is 22.4 Å². The van der Waals surface area contributed by atoms with Gasteiger partial charge < -0.3 is 15.3 Å². The van der Waals surface area contributed by atoms with E-state index in [0.717, 1.165) is 5.56 Å². The molecule has 0 bridgehead atoms. The van der Waals surface area contributed by atoms with Crippen LogP contribution < -0.4 is 5.32 Å². The van der Waals surface area contributed by atoms with Gasteiger partial charge in [0.15, 0.2) is 5.82 Å². The number of pyridine rings is 1. The monoisotopic (exact) mass is 445 g/mol. The van der Waals surface area contributed by atoms with Gasteiger partial charge in [0, 0.05) is 41.5 Å². The van der Waals surface area contributed by atoms with Gasteiger partial charge in [-0.1, -0.05) is 23.7 Å². The van der Waals surface area contributed by atoms with Crippen LogP contribution in [0.15, 0.2) is 42.6 Å². The number of benzene rings is 1. The van der Waals surface area contributed by atoms with Crippen LogP contribution in [-0.2, 0) is 0 Å². The first-order valence-electron chi connectivity index (χ1n) is 9.87. The molecule has 0 unspecified atom stereocenters. The number of carbonyl (C=O) groups is 1. The standard InChI is InChI=1S/C22H25ClFN5O2/c1-22(2,3)29(21(30)31)12-4-10-26-20-18(15-9-11-25-17(24)13-15)19(27-28-20)14-5-7-16(23)8-6-14/h5-9,11,13H,4,10,12H2,1-3H3,(H,30,31)(H2,26,27,28). The molecule has 0 atom stereocenters. The molecule has 2 aromatic heterocycles. The Labute approximate surface area is 185 Å². The second kappa shape index (κ2) is 9.34. The van der Waals surface area contributed by atoms with Gasteiger partial charge in [0.05, 0.1) is 11.3 Å². The van der Waals surface area contributed by atoms with Gasteiger partial charge in [0.2, 0.25) is 5.95 Å². The molecule has 31 heavy (non-hydrogen) atoms. The summed E-state index contributed by atoms with van der Waals surface area (Å²) in [6.45, 7) is 6.44. The highest BCUT2D eigenvalue weighted by molar-refractivity contribution is 6.30. The first kappa shape index (κ1) is 22.6. The number of hydrogen-bond donors (Lipinski definition) is 3. The molecule has 0 aliphatic heterocycles. The number of hydrogen-bond acceptors (Lipinski definition) is 4. The quantitative estimate of drug-likeness (QED) is 0.329. The fourth-order valence-electron chi connectivity index (χ4n) is 3.30. The Balaban J connectivity index is 1.84. The topological polar surface area (TPSA) is 94.1 Å². The van der Waals surface area contributed by atoms with Crippen molar-refractivity contribution >= 4 is 23.5 Å². The van der Waals surface area contributed by atoms with E-state index in [-0.39, 0.29) is 0 Å². The third-order valence-electron chi connectivity index (χ3n) is 4.81. The largest absolute Gasteiger partial charge is 0.465 e. The van der Waals surface area contributed by atoms with E-state index in [0.29, 0.717) is 47.2 Å². The lowest BCUT2D eigenvalue weighted by atomic mass is 10.0. The predicted octanol–water partition coefficient (Wildman–Crippen LogP) is 5.51. The number of carboxylic acid groups (broad SMARTS) is 1. The van der Waals surface area contributed by atoms with Gasteiger partial charge in [0.1, 0.15) is 0 Å². The molecule has 3 N–H and O–H groups in total. The second-order valence-electron chi connectivity index (χ2n) is 8.08. The highest BCUT2D eigenvalue weighted by atomic mass is 35.5. The average Bonchev–Trinajstić information content (AvgIpc) is 3.11. The van der Waals surface area contributed by atoms with Crippen molar-refractivity contribution < 1.29 is 14.3 Å². The zero-order valence-corrected chi connectivity index (χ0v) is 18.4. The minimum absolute atomic E-state index is 0.375. The molecule has 7 nitrogen and oxygen atoms in total. The Morgan fingerprint density at radius 2 is 1.94 bits per heavy atom. The van der Waals surface area contributed by atoms with Gasteiger partial charge in [-0.05, 0) is 51.0 Å². The van der Waals surface area contributed by atoms with Gasteiger partial charge >= 0.3 is 6.09 Å². The number of nitrogens with one attached hydrogen (secondary N) is 2. The maximum absolute atomic E-state index is 13.8. The number of aromatic nitrogens is 3. The molecule has 0 saturated carbocycles. The molecule has 3 aromatic rings. The molecule has 3 rings (SSSR count). The average molecular weight is 446 g/mol. The first-order valence-corrected chi connectivity index (χ1v) is 10.3. The first-order chi connectivity index (χ1) is 14.7. The molecule has 1 aromatic carbocycles. The molecule has 0 radical (unpaired) electrons. The van der Waals surface area contributed by atoms with Crippen molar-refractivity contribution in [2.24, 2.45) is 0 Å². The van der Waals surface area contributed by atoms with E-state index in [4.69, 9.17) is 11.6 Å². The lowest BCUT2D eigenvalue weighted by molar-refractivity contribution is 0.100. The number of H-pyrrole nitrogens is 1. The number of rotatable bonds is 7. The molecule has 0 aliphatic rings. The lowest BCUT2D eigenvalue weighted by Crippen LogP contribution is -2.45. The van der Waals surface area contributed by atoms with Crippen molar-refractivity contribution in [1.29, 1.82) is 0 Å². The number of anilines is 1. The van der Waals surface area contributed by atoms with E-state index in [1.165, 1.54) is 17.2 Å². The van der Waals surface area contributed by atoms with Crippen molar-refractivity contribution in [3.05, 3.63) is 53.6 Å². The summed E-state index contributed by atoms with van der Waals surface area (Å²) in [4.78, 5) is 16.5. The molecule has 2 heterocycles. The third kappa shape index (κ3) is 5.52. The van der Waals surface area contributed by atoms with Crippen molar-refractivity contribution in [1.82, 2.24) is 20.1 Å². The summed E-state index contributed by atoms with van der Waals surface area (Å²) in [7, 11) is 0. The molecule has 0 aliphatic carbocycles. The van der Waals surface area contributed by atoms with Gasteiger partial charge in [-0.15, -0.1) is 0 Å². The van der Waals surface area contributed by atoms with Crippen molar-refractivity contribution in [2.75, 3.05) is 18.4 Å². The van der Waals surface area contributed by atoms with Crippen molar-refractivity contribution in [3.8, 4) is 22.4 Å². The van der Waals surface area contributed by atoms with E-state index >= 15 is 0 Å². The van der Waals surface area contributed by atoms with Crippen LogP contribution in [0.4, 0.5) is 15.0 Å². The Bertz CT molecular complexity index is 1050. The molecule has 9 heteroatoms. The van der Waals surface area contributed by atoms with Crippen LogP contribution in [0.2, 0.25) is 5.02 Å². The van der Waals surface area contributed by atoms with Gasteiger partial charge in [-0.25, -0.2) is 9.78 Å². The van der Waals surface area contributed by atoms with Crippen LogP contribution in [0.1, 0.15) is 27.2 Å². The number of halogens is 2. The molecule has 0 spiro atoms. The summed E-state index contributed by atoms with van der Waals surface area (Å²) in [6, 6.07) is 10.3.